The molecule has 76 heavy (non-hydrogen) atoms. The number of allylic oxidation sites excluding steroid dienone is 16. The van der Waals surface area contributed by atoms with Crippen LogP contribution in [0.4, 0.5) is 0 Å². The predicted molar refractivity (Wildman–Crippen MR) is 330 cm³/mol. The maximum absolute atomic E-state index is 12.9. The van der Waals surface area contributed by atoms with Gasteiger partial charge in [0.25, 0.3) is 0 Å². The second-order valence-electron chi connectivity index (χ2n) is 21.3. The molecule has 436 valence electrons. The van der Waals surface area contributed by atoms with Crippen LogP contribution in [-0.2, 0) is 28.6 Å². The first-order chi connectivity index (χ1) is 37.5. The molecular formula is C70H120O6. The van der Waals surface area contributed by atoms with Gasteiger partial charge in [0.05, 0.1) is 0 Å². The molecule has 0 saturated heterocycles. The molecule has 0 aromatic rings. The molecule has 0 heterocycles. The van der Waals surface area contributed by atoms with Gasteiger partial charge in [0.1, 0.15) is 13.2 Å². The van der Waals surface area contributed by atoms with E-state index in [4.69, 9.17) is 14.2 Å². The van der Waals surface area contributed by atoms with E-state index in [-0.39, 0.29) is 31.1 Å². The van der Waals surface area contributed by atoms with Crippen molar-refractivity contribution in [2.45, 2.75) is 316 Å². The van der Waals surface area contributed by atoms with Crippen LogP contribution < -0.4 is 0 Å². The number of carbonyl (C=O) groups is 3. The van der Waals surface area contributed by atoms with Crippen LogP contribution in [0.25, 0.3) is 0 Å². The monoisotopic (exact) mass is 1060 g/mol. The SMILES string of the molecule is CC/C=C\C/C=C\C/C=C\C/C=C\C/C=C\CCCCCCCCCC(=O)OCC(COC(=O)CCCCCCC/C=C\CCCCCCCCC)OC(=O)CCCCCCCCCCC/C=C\C/C=C\CCCCC. The summed E-state index contributed by atoms with van der Waals surface area (Å²) in [5.74, 6) is -0.899. The summed E-state index contributed by atoms with van der Waals surface area (Å²) in [5.41, 5.74) is 0. The van der Waals surface area contributed by atoms with Crippen molar-refractivity contribution in [3.05, 3.63) is 97.2 Å². The van der Waals surface area contributed by atoms with Crippen molar-refractivity contribution in [2.75, 3.05) is 13.2 Å². The number of ether oxygens (including phenoxy) is 3. The summed E-state index contributed by atoms with van der Waals surface area (Å²) in [5, 5.41) is 0. The average Bonchev–Trinajstić information content (AvgIpc) is 3.42. The zero-order chi connectivity index (χ0) is 55.0. The molecule has 0 bridgehead atoms. The molecule has 1 unspecified atom stereocenters. The van der Waals surface area contributed by atoms with E-state index in [0.29, 0.717) is 19.3 Å². The van der Waals surface area contributed by atoms with Gasteiger partial charge in [0.15, 0.2) is 6.10 Å². The molecule has 6 nitrogen and oxygen atoms in total. The Labute approximate surface area is 470 Å². The highest BCUT2D eigenvalue weighted by atomic mass is 16.6. The highest BCUT2D eigenvalue weighted by Gasteiger charge is 2.19. The van der Waals surface area contributed by atoms with Gasteiger partial charge in [-0.2, -0.15) is 0 Å². The summed E-state index contributed by atoms with van der Waals surface area (Å²) in [4.78, 5) is 38.4. The Hall–Kier alpha value is -3.67. The third-order valence-electron chi connectivity index (χ3n) is 13.8. The molecule has 0 aliphatic heterocycles. The fourth-order valence-electron chi connectivity index (χ4n) is 8.97. The molecule has 0 radical (unpaired) electrons. The summed E-state index contributed by atoms with van der Waals surface area (Å²) in [7, 11) is 0. The normalized spacial score (nSPS) is 12.7. The second-order valence-corrected chi connectivity index (χ2v) is 21.3. The van der Waals surface area contributed by atoms with Gasteiger partial charge >= 0.3 is 17.9 Å². The van der Waals surface area contributed by atoms with E-state index in [0.717, 1.165) is 109 Å². The quantitative estimate of drug-likeness (QED) is 0.0261. The predicted octanol–water partition coefficient (Wildman–Crippen LogP) is 22.0. The number of unbranched alkanes of at least 4 members (excludes halogenated alkanes) is 31. The molecule has 0 aliphatic rings. The third kappa shape index (κ3) is 61.2. The van der Waals surface area contributed by atoms with Crippen LogP contribution in [0.5, 0.6) is 0 Å². The molecule has 0 N–H and O–H groups in total. The number of hydrogen-bond donors (Lipinski definition) is 0. The van der Waals surface area contributed by atoms with E-state index in [1.807, 2.05) is 0 Å². The van der Waals surface area contributed by atoms with Gasteiger partial charge in [-0.25, -0.2) is 0 Å². The maximum Gasteiger partial charge on any atom is 0.306 e. The van der Waals surface area contributed by atoms with Gasteiger partial charge in [0.2, 0.25) is 0 Å². The van der Waals surface area contributed by atoms with E-state index in [1.165, 1.54) is 161 Å². The molecule has 0 amide bonds. The van der Waals surface area contributed by atoms with E-state index in [2.05, 4.69) is 118 Å². The number of hydrogen-bond acceptors (Lipinski definition) is 6. The van der Waals surface area contributed by atoms with Crippen LogP contribution in [-0.4, -0.2) is 37.2 Å². The van der Waals surface area contributed by atoms with Crippen LogP contribution in [0.2, 0.25) is 0 Å². The molecule has 0 saturated carbocycles. The van der Waals surface area contributed by atoms with Crippen molar-refractivity contribution < 1.29 is 28.6 Å². The Morgan fingerprint density at radius 3 is 0.842 bits per heavy atom. The topological polar surface area (TPSA) is 78.9 Å². The van der Waals surface area contributed by atoms with Crippen LogP contribution in [0.1, 0.15) is 310 Å². The lowest BCUT2D eigenvalue weighted by molar-refractivity contribution is -0.167. The zero-order valence-corrected chi connectivity index (χ0v) is 50.0. The fraction of sp³-hybridized carbons (Fsp3) is 0.729. The summed E-state index contributed by atoms with van der Waals surface area (Å²) < 4.78 is 16.9. The minimum absolute atomic E-state index is 0.0864. The van der Waals surface area contributed by atoms with E-state index >= 15 is 0 Å². The van der Waals surface area contributed by atoms with Crippen LogP contribution >= 0.6 is 0 Å². The van der Waals surface area contributed by atoms with Crippen molar-refractivity contribution >= 4 is 17.9 Å². The fourth-order valence-corrected chi connectivity index (χ4v) is 8.97. The average molecular weight is 1060 g/mol. The van der Waals surface area contributed by atoms with Crippen molar-refractivity contribution in [1.29, 1.82) is 0 Å². The Morgan fingerprint density at radius 2 is 0.513 bits per heavy atom. The highest BCUT2D eigenvalue weighted by molar-refractivity contribution is 5.71. The maximum atomic E-state index is 12.9. The lowest BCUT2D eigenvalue weighted by Gasteiger charge is -2.18. The Morgan fingerprint density at radius 1 is 0.276 bits per heavy atom. The Balaban J connectivity index is 4.41. The molecule has 0 fully saturated rings. The second kappa shape index (κ2) is 63.9. The summed E-state index contributed by atoms with van der Waals surface area (Å²) >= 11 is 0. The molecule has 0 rings (SSSR count). The smallest absolute Gasteiger partial charge is 0.306 e. The first-order valence-electron chi connectivity index (χ1n) is 32.2. The molecule has 6 heteroatoms. The van der Waals surface area contributed by atoms with Crippen molar-refractivity contribution in [1.82, 2.24) is 0 Å². The molecule has 0 aromatic heterocycles. The van der Waals surface area contributed by atoms with Crippen LogP contribution in [0.3, 0.4) is 0 Å². The number of esters is 3. The van der Waals surface area contributed by atoms with E-state index < -0.39 is 6.10 Å². The Bertz CT molecular complexity index is 1490. The number of carbonyl (C=O) groups excluding carboxylic acids is 3. The van der Waals surface area contributed by atoms with Gasteiger partial charge in [-0.05, 0) is 122 Å². The first kappa shape index (κ1) is 72.3. The summed E-state index contributed by atoms with van der Waals surface area (Å²) in [6.45, 7) is 6.51. The summed E-state index contributed by atoms with van der Waals surface area (Å²) in [6.07, 6.45) is 85.4. The van der Waals surface area contributed by atoms with Gasteiger partial charge in [-0.15, -0.1) is 0 Å². The van der Waals surface area contributed by atoms with Crippen molar-refractivity contribution in [2.24, 2.45) is 0 Å². The van der Waals surface area contributed by atoms with Gasteiger partial charge in [-0.1, -0.05) is 266 Å². The zero-order valence-electron chi connectivity index (χ0n) is 50.0. The minimum atomic E-state index is -0.790. The first-order valence-corrected chi connectivity index (χ1v) is 32.2. The molecule has 0 spiro atoms. The minimum Gasteiger partial charge on any atom is -0.462 e. The van der Waals surface area contributed by atoms with E-state index in [1.54, 1.807) is 0 Å². The van der Waals surface area contributed by atoms with Crippen LogP contribution in [0, 0.1) is 0 Å². The lowest BCUT2D eigenvalue weighted by atomic mass is 10.1. The van der Waals surface area contributed by atoms with Gasteiger partial charge in [-0.3, -0.25) is 14.4 Å². The van der Waals surface area contributed by atoms with Crippen molar-refractivity contribution in [3.8, 4) is 0 Å². The standard InChI is InChI=1S/C70H120O6/c1-4-7-10-13-16-19-22-25-28-31-33-34-35-36-38-39-42-45-48-51-54-57-60-63-69(72)75-66-67(65-74-68(71)62-59-56-53-50-47-44-41-30-27-24-21-18-15-12-9-6-3)76-70(73)64-61-58-55-52-49-46-43-40-37-32-29-26-23-20-17-14-11-8-5-2/h7,10,16-17,19-20,25-26,28-30,33-34,36,38,41,67H,4-6,8-9,11-15,18,21-24,27,31-32,35,37,39-40,42-66H2,1-3H3/b10-7-,19-16-,20-17-,28-25-,29-26-,34-33-,38-36-,41-30-. The van der Waals surface area contributed by atoms with Gasteiger partial charge in [0, 0.05) is 19.3 Å². The highest BCUT2D eigenvalue weighted by Crippen LogP contribution is 2.16. The van der Waals surface area contributed by atoms with Gasteiger partial charge < -0.3 is 14.2 Å². The molecule has 1 atom stereocenters. The number of rotatable bonds is 58. The van der Waals surface area contributed by atoms with Crippen molar-refractivity contribution in [3.63, 3.8) is 0 Å². The lowest BCUT2D eigenvalue weighted by Crippen LogP contribution is -2.30. The third-order valence-corrected chi connectivity index (χ3v) is 13.8. The van der Waals surface area contributed by atoms with Crippen LogP contribution in [0.15, 0.2) is 97.2 Å². The molecule has 0 aromatic carbocycles. The Kier molecular flexibility index (Phi) is 60.8. The molecule has 0 aliphatic carbocycles. The largest absolute Gasteiger partial charge is 0.462 e. The van der Waals surface area contributed by atoms with E-state index in [9.17, 15) is 14.4 Å². The summed E-state index contributed by atoms with van der Waals surface area (Å²) in [6, 6.07) is 0. The molecular weight excluding hydrogens is 937 g/mol.